The van der Waals surface area contributed by atoms with Crippen LogP contribution in [0.4, 0.5) is 8.78 Å². The number of aliphatic imine (C=N–C) groups is 1. The van der Waals surface area contributed by atoms with E-state index in [0.29, 0.717) is 19.1 Å². The summed E-state index contributed by atoms with van der Waals surface area (Å²) in [7, 11) is 3.32. The molecule has 0 fully saturated rings. The number of halogens is 2. The maximum atomic E-state index is 13.1. The number of hydrogen-bond donors (Lipinski definition) is 2. The maximum absolute atomic E-state index is 13.1. The molecule has 0 aliphatic carbocycles. The largest absolute Gasteiger partial charge is 0.497 e. The van der Waals surface area contributed by atoms with Gasteiger partial charge in [0.1, 0.15) is 18.1 Å². The molecular formula is C19H23F2N3O2. The molecule has 0 aromatic heterocycles. The number of methoxy groups -OCH3 is 1. The van der Waals surface area contributed by atoms with Crippen molar-refractivity contribution in [1.82, 2.24) is 10.6 Å². The lowest BCUT2D eigenvalue weighted by Gasteiger charge is -2.13. The Hall–Kier alpha value is -2.83. The highest BCUT2D eigenvalue weighted by Gasteiger charge is 2.03. The molecule has 140 valence electrons. The van der Waals surface area contributed by atoms with E-state index in [2.05, 4.69) is 15.6 Å². The van der Waals surface area contributed by atoms with Crippen molar-refractivity contribution >= 4 is 5.96 Å². The zero-order chi connectivity index (χ0) is 18.8. The molecule has 0 aliphatic rings. The van der Waals surface area contributed by atoms with Crippen molar-refractivity contribution in [2.24, 2.45) is 4.99 Å². The molecule has 5 nitrogen and oxygen atoms in total. The average Bonchev–Trinajstić information content (AvgIpc) is 2.67. The van der Waals surface area contributed by atoms with Gasteiger partial charge in [0.15, 0.2) is 17.6 Å². The lowest BCUT2D eigenvalue weighted by Crippen LogP contribution is -2.40. The summed E-state index contributed by atoms with van der Waals surface area (Å²) in [6, 6.07) is 11.4. The normalized spacial score (nSPS) is 11.2. The Morgan fingerprint density at radius 1 is 0.962 bits per heavy atom. The predicted octanol–water partition coefficient (Wildman–Crippen LogP) is 2.76. The smallest absolute Gasteiger partial charge is 0.191 e. The molecule has 0 unspecified atom stereocenters. The molecule has 0 radical (unpaired) electrons. The zero-order valence-corrected chi connectivity index (χ0v) is 14.9. The minimum absolute atomic E-state index is 0.285. The number of rotatable bonds is 8. The minimum atomic E-state index is -0.925. The summed E-state index contributed by atoms with van der Waals surface area (Å²) >= 11 is 0. The van der Waals surface area contributed by atoms with Gasteiger partial charge in [-0.25, -0.2) is 8.78 Å². The Balaban J connectivity index is 1.66. The summed E-state index contributed by atoms with van der Waals surface area (Å²) < 4.78 is 36.4. The third kappa shape index (κ3) is 6.23. The summed E-state index contributed by atoms with van der Waals surface area (Å²) in [6.07, 6.45) is 0.843. The number of ether oxygens (including phenoxy) is 2. The number of nitrogens with zero attached hydrogens (tertiary/aromatic N) is 1. The highest BCUT2D eigenvalue weighted by atomic mass is 19.2. The Bertz CT molecular complexity index is 721. The van der Waals surface area contributed by atoms with Crippen molar-refractivity contribution in [2.45, 2.75) is 6.42 Å². The van der Waals surface area contributed by atoms with Gasteiger partial charge in [0.2, 0.25) is 0 Å². The van der Waals surface area contributed by atoms with Gasteiger partial charge in [0.25, 0.3) is 0 Å². The van der Waals surface area contributed by atoms with E-state index in [1.165, 1.54) is 11.6 Å². The fourth-order valence-electron chi connectivity index (χ4n) is 2.24. The van der Waals surface area contributed by atoms with Gasteiger partial charge in [-0.15, -0.1) is 0 Å². The maximum Gasteiger partial charge on any atom is 0.191 e. The van der Waals surface area contributed by atoms with E-state index >= 15 is 0 Å². The fourth-order valence-corrected chi connectivity index (χ4v) is 2.24. The van der Waals surface area contributed by atoms with E-state index in [4.69, 9.17) is 9.47 Å². The van der Waals surface area contributed by atoms with Crippen LogP contribution in [0, 0.1) is 11.6 Å². The molecule has 2 N–H and O–H groups in total. The highest BCUT2D eigenvalue weighted by Crippen LogP contribution is 2.15. The molecule has 0 spiro atoms. The third-order valence-corrected chi connectivity index (χ3v) is 3.64. The van der Waals surface area contributed by atoms with Crippen LogP contribution in [-0.4, -0.2) is 39.8 Å². The number of nitrogens with one attached hydrogen (secondary N) is 2. The van der Waals surface area contributed by atoms with E-state index in [0.717, 1.165) is 30.8 Å². The third-order valence-electron chi connectivity index (χ3n) is 3.64. The first kappa shape index (κ1) is 19.5. The molecule has 0 saturated carbocycles. The SMILES string of the molecule is CN=C(NCCOc1ccc(F)c(F)c1)NCCc1ccc(OC)cc1. The van der Waals surface area contributed by atoms with E-state index in [-0.39, 0.29) is 5.75 Å². The van der Waals surface area contributed by atoms with Gasteiger partial charge >= 0.3 is 0 Å². The van der Waals surface area contributed by atoms with E-state index < -0.39 is 11.6 Å². The van der Waals surface area contributed by atoms with Crippen LogP contribution < -0.4 is 20.1 Å². The Morgan fingerprint density at radius 2 is 1.65 bits per heavy atom. The second-order valence-corrected chi connectivity index (χ2v) is 5.45. The summed E-state index contributed by atoms with van der Waals surface area (Å²) in [6.45, 7) is 1.49. The standard InChI is InChI=1S/C19H23F2N3O2/c1-22-19(23-10-9-14-3-5-15(25-2)6-4-14)24-11-12-26-16-7-8-17(20)18(21)13-16/h3-8,13H,9-12H2,1-2H3,(H2,22,23,24). The molecule has 0 saturated heterocycles. The Kier molecular flexibility index (Phi) is 7.67. The molecule has 2 rings (SSSR count). The Labute approximate surface area is 152 Å². The summed E-state index contributed by atoms with van der Waals surface area (Å²) in [5.41, 5.74) is 1.19. The number of guanidine groups is 1. The van der Waals surface area contributed by atoms with Crippen molar-refractivity contribution in [3.8, 4) is 11.5 Å². The number of benzene rings is 2. The molecular weight excluding hydrogens is 340 g/mol. The van der Waals surface area contributed by atoms with Gasteiger partial charge < -0.3 is 20.1 Å². The first-order valence-corrected chi connectivity index (χ1v) is 8.27. The van der Waals surface area contributed by atoms with Gasteiger partial charge in [-0.3, -0.25) is 4.99 Å². The van der Waals surface area contributed by atoms with Crippen LogP contribution in [0.5, 0.6) is 11.5 Å². The van der Waals surface area contributed by atoms with Gasteiger partial charge in [0.05, 0.1) is 13.7 Å². The monoisotopic (exact) mass is 363 g/mol. The van der Waals surface area contributed by atoms with Crippen molar-refractivity contribution in [3.05, 3.63) is 59.7 Å². The van der Waals surface area contributed by atoms with Crippen molar-refractivity contribution in [3.63, 3.8) is 0 Å². The summed E-state index contributed by atoms with van der Waals surface area (Å²) in [5, 5.41) is 6.30. The van der Waals surface area contributed by atoms with Gasteiger partial charge in [-0.05, 0) is 36.2 Å². The highest BCUT2D eigenvalue weighted by molar-refractivity contribution is 5.79. The van der Waals surface area contributed by atoms with Gasteiger partial charge in [-0.1, -0.05) is 12.1 Å². The lowest BCUT2D eigenvalue weighted by molar-refractivity contribution is 0.318. The lowest BCUT2D eigenvalue weighted by atomic mass is 10.1. The van der Waals surface area contributed by atoms with E-state index in [1.54, 1.807) is 14.2 Å². The molecule has 0 aliphatic heterocycles. The predicted molar refractivity (Wildman–Crippen MR) is 97.9 cm³/mol. The molecule has 0 bridgehead atoms. The number of hydrogen-bond acceptors (Lipinski definition) is 3. The first-order valence-electron chi connectivity index (χ1n) is 8.27. The molecule has 2 aromatic rings. The minimum Gasteiger partial charge on any atom is -0.497 e. The molecule has 26 heavy (non-hydrogen) atoms. The van der Waals surface area contributed by atoms with Crippen LogP contribution in [-0.2, 0) is 6.42 Å². The van der Waals surface area contributed by atoms with Crippen LogP contribution in [0.2, 0.25) is 0 Å². The van der Waals surface area contributed by atoms with Crippen LogP contribution >= 0.6 is 0 Å². The van der Waals surface area contributed by atoms with Crippen LogP contribution in [0.1, 0.15) is 5.56 Å². The van der Waals surface area contributed by atoms with Crippen LogP contribution in [0.25, 0.3) is 0 Å². The molecule has 7 heteroatoms. The van der Waals surface area contributed by atoms with Crippen molar-refractivity contribution in [1.29, 1.82) is 0 Å². The zero-order valence-electron chi connectivity index (χ0n) is 14.9. The Morgan fingerprint density at radius 3 is 2.31 bits per heavy atom. The second kappa shape index (κ2) is 10.2. The van der Waals surface area contributed by atoms with Crippen molar-refractivity contribution in [2.75, 3.05) is 33.9 Å². The quantitative estimate of drug-likeness (QED) is 0.430. The van der Waals surface area contributed by atoms with Gasteiger partial charge in [0, 0.05) is 19.7 Å². The van der Waals surface area contributed by atoms with E-state index in [9.17, 15) is 8.78 Å². The fraction of sp³-hybridized carbons (Fsp3) is 0.316. The summed E-state index contributed by atoms with van der Waals surface area (Å²) in [5.74, 6) is -0.0517. The van der Waals surface area contributed by atoms with E-state index in [1.807, 2.05) is 24.3 Å². The van der Waals surface area contributed by atoms with Crippen molar-refractivity contribution < 1.29 is 18.3 Å². The van der Waals surface area contributed by atoms with Crippen LogP contribution in [0.3, 0.4) is 0 Å². The molecule has 0 heterocycles. The van der Waals surface area contributed by atoms with Gasteiger partial charge in [-0.2, -0.15) is 0 Å². The van der Waals surface area contributed by atoms with Crippen LogP contribution in [0.15, 0.2) is 47.5 Å². The summed E-state index contributed by atoms with van der Waals surface area (Å²) in [4.78, 5) is 4.13. The molecule has 0 atom stereocenters. The molecule has 0 amide bonds. The second-order valence-electron chi connectivity index (χ2n) is 5.45. The molecule has 2 aromatic carbocycles. The first-order chi connectivity index (χ1) is 12.6. The average molecular weight is 363 g/mol. The topological polar surface area (TPSA) is 54.9 Å².